The average molecular weight is 302 g/mol. The molecule has 6 nitrogen and oxygen atoms in total. The van der Waals surface area contributed by atoms with Crippen LogP contribution in [0.4, 0.5) is 0 Å². The van der Waals surface area contributed by atoms with Gasteiger partial charge in [0.2, 0.25) is 5.91 Å². The van der Waals surface area contributed by atoms with Crippen LogP contribution in [0.25, 0.3) is 0 Å². The lowest BCUT2D eigenvalue weighted by atomic mass is 10.3. The third-order valence-electron chi connectivity index (χ3n) is 3.41. The highest BCUT2D eigenvalue weighted by Gasteiger charge is 2.18. The number of likely N-dealkylation sites (N-methyl/N-ethyl adjacent to an activating group) is 1. The number of piperazine rings is 1. The summed E-state index contributed by atoms with van der Waals surface area (Å²) in [6.45, 7) is 9.24. The van der Waals surface area contributed by atoms with Crippen molar-refractivity contribution in [3.05, 3.63) is 0 Å². The van der Waals surface area contributed by atoms with Gasteiger partial charge in [-0.25, -0.2) is 0 Å². The predicted octanol–water partition coefficient (Wildman–Crippen LogP) is 0.610. The zero-order valence-corrected chi connectivity index (χ0v) is 13.5. The predicted molar refractivity (Wildman–Crippen MR) is 81.4 cm³/mol. The maximum Gasteiger partial charge on any atom is 0.224 e. The van der Waals surface area contributed by atoms with Gasteiger partial charge in [0.25, 0.3) is 0 Å². The molecule has 1 saturated heterocycles. The van der Waals surface area contributed by atoms with Gasteiger partial charge < -0.3 is 24.0 Å². The minimum Gasteiger partial charge on any atom is -0.379 e. The van der Waals surface area contributed by atoms with Gasteiger partial charge in [-0.2, -0.15) is 0 Å². The normalized spacial score (nSPS) is 16.4. The number of nitrogens with zero attached hydrogens (tertiary/aromatic N) is 2. The van der Waals surface area contributed by atoms with Gasteiger partial charge >= 0.3 is 0 Å². The molecule has 1 amide bonds. The van der Waals surface area contributed by atoms with E-state index in [2.05, 4.69) is 18.9 Å². The van der Waals surface area contributed by atoms with Crippen LogP contribution in [0.15, 0.2) is 0 Å². The highest BCUT2D eigenvalue weighted by molar-refractivity contribution is 5.76. The van der Waals surface area contributed by atoms with Crippen molar-refractivity contribution < 1.29 is 19.0 Å². The lowest BCUT2D eigenvalue weighted by molar-refractivity contribution is -0.134. The summed E-state index contributed by atoms with van der Waals surface area (Å²) in [4.78, 5) is 16.1. The third kappa shape index (κ3) is 9.03. The van der Waals surface area contributed by atoms with E-state index in [-0.39, 0.29) is 5.91 Å². The molecule has 0 radical (unpaired) electrons. The average Bonchev–Trinajstić information content (AvgIpc) is 2.49. The van der Waals surface area contributed by atoms with E-state index in [0.717, 1.165) is 39.2 Å². The van der Waals surface area contributed by atoms with Crippen molar-refractivity contribution in [2.75, 3.05) is 72.9 Å². The van der Waals surface area contributed by atoms with E-state index in [0.29, 0.717) is 39.5 Å². The number of carbonyl (C=O) groups excluding carboxylic acids is 1. The van der Waals surface area contributed by atoms with Crippen molar-refractivity contribution in [1.82, 2.24) is 9.80 Å². The second-order valence-corrected chi connectivity index (χ2v) is 5.27. The SMILES string of the molecule is CCCOCCOCCOCCC(=O)N1CCN(C)CC1. The largest absolute Gasteiger partial charge is 0.379 e. The first-order valence-corrected chi connectivity index (χ1v) is 7.93. The van der Waals surface area contributed by atoms with E-state index in [1.165, 1.54) is 0 Å². The third-order valence-corrected chi connectivity index (χ3v) is 3.41. The molecule has 1 aliphatic heterocycles. The smallest absolute Gasteiger partial charge is 0.224 e. The minimum atomic E-state index is 0.192. The van der Waals surface area contributed by atoms with Gasteiger partial charge in [-0.3, -0.25) is 4.79 Å². The molecule has 1 rings (SSSR count). The summed E-state index contributed by atoms with van der Waals surface area (Å²) in [6, 6.07) is 0. The Morgan fingerprint density at radius 2 is 1.38 bits per heavy atom. The standard InChI is InChI=1S/C15H30N2O4/c1-3-9-19-11-13-21-14-12-20-10-4-15(18)17-7-5-16(2)6-8-17/h3-14H2,1-2H3. The number of carbonyl (C=O) groups is 1. The summed E-state index contributed by atoms with van der Waals surface area (Å²) in [7, 11) is 2.08. The lowest BCUT2D eigenvalue weighted by Crippen LogP contribution is -2.47. The Morgan fingerprint density at radius 3 is 1.95 bits per heavy atom. The van der Waals surface area contributed by atoms with Gasteiger partial charge in [0.05, 0.1) is 39.5 Å². The number of amides is 1. The summed E-state index contributed by atoms with van der Waals surface area (Å²) in [6.07, 6.45) is 1.49. The summed E-state index contributed by atoms with van der Waals surface area (Å²) in [5.41, 5.74) is 0. The quantitative estimate of drug-likeness (QED) is 0.524. The summed E-state index contributed by atoms with van der Waals surface area (Å²) < 4.78 is 16.1. The molecule has 6 heteroatoms. The Morgan fingerprint density at radius 1 is 0.857 bits per heavy atom. The molecule has 124 valence electrons. The fraction of sp³-hybridized carbons (Fsp3) is 0.933. The van der Waals surface area contributed by atoms with E-state index < -0.39 is 0 Å². The number of hydrogen-bond donors (Lipinski definition) is 0. The van der Waals surface area contributed by atoms with Gasteiger partial charge in [-0.1, -0.05) is 6.92 Å². The van der Waals surface area contributed by atoms with Gasteiger partial charge in [-0.15, -0.1) is 0 Å². The first kappa shape index (κ1) is 18.4. The number of ether oxygens (including phenoxy) is 3. The van der Waals surface area contributed by atoms with E-state index in [9.17, 15) is 4.79 Å². The molecule has 0 aliphatic carbocycles. The van der Waals surface area contributed by atoms with Crippen LogP contribution in [0.1, 0.15) is 19.8 Å². The van der Waals surface area contributed by atoms with Crippen LogP contribution in [0, 0.1) is 0 Å². The first-order chi connectivity index (χ1) is 10.2. The maximum atomic E-state index is 11.9. The molecule has 0 atom stereocenters. The Kier molecular flexibility index (Phi) is 10.4. The van der Waals surface area contributed by atoms with Crippen LogP contribution in [0.3, 0.4) is 0 Å². The summed E-state index contributed by atoms with van der Waals surface area (Å²) in [5.74, 6) is 0.192. The van der Waals surface area contributed by atoms with Crippen molar-refractivity contribution in [3.63, 3.8) is 0 Å². The fourth-order valence-electron chi connectivity index (χ4n) is 2.06. The van der Waals surface area contributed by atoms with Gasteiger partial charge in [-0.05, 0) is 13.5 Å². The van der Waals surface area contributed by atoms with E-state index in [4.69, 9.17) is 14.2 Å². The van der Waals surface area contributed by atoms with Crippen LogP contribution in [-0.4, -0.2) is 88.6 Å². The molecule has 0 bridgehead atoms. The Balaban J connectivity index is 1.86. The minimum absolute atomic E-state index is 0.192. The molecule has 0 spiro atoms. The molecular formula is C15H30N2O4. The van der Waals surface area contributed by atoms with Crippen molar-refractivity contribution in [2.45, 2.75) is 19.8 Å². The number of rotatable bonds is 11. The van der Waals surface area contributed by atoms with Crippen molar-refractivity contribution in [2.24, 2.45) is 0 Å². The van der Waals surface area contributed by atoms with Crippen molar-refractivity contribution in [3.8, 4) is 0 Å². The summed E-state index contributed by atoms with van der Waals surface area (Å²) in [5, 5.41) is 0. The van der Waals surface area contributed by atoms with Crippen LogP contribution < -0.4 is 0 Å². The molecule has 21 heavy (non-hydrogen) atoms. The zero-order valence-electron chi connectivity index (χ0n) is 13.5. The summed E-state index contributed by atoms with van der Waals surface area (Å²) >= 11 is 0. The lowest BCUT2D eigenvalue weighted by Gasteiger charge is -2.32. The molecular weight excluding hydrogens is 272 g/mol. The molecule has 0 saturated carbocycles. The highest BCUT2D eigenvalue weighted by atomic mass is 16.5. The van der Waals surface area contributed by atoms with E-state index in [1.807, 2.05) is 4.90 Å². The van der Waals surface area contributed by atoms with Crippen LogP contribution in [0.2, 0.25) is 0 Å². The van der Waals surface area contributed by atoms with Crippen LogP contribution >= 0.6 is 0 Å². The van der Waals surface area contributed by atoms with E-state index >= 15 is 0 Å². The molecule has 0 aromatic carbocycles. The molecule has 1 heterocycles. The highest BCUT2D eigenvalue weighted by Crippen LogP contribution is 2.01. The van der Waals surface area contributed by atoms with Crippen LogP contribution in [0.5, 0.6) is 0 Å². The monoisotopic (exact) mass is 302 g/mol. The van der Waals surface area contributed by atoms with Gasteiger partial charge in [0.15, 0.2) is 0 Å². The fourth-order valence-corrected chi connectivity index (χ4v) is 2.06. The molecule has 0 aromatic heterocycles. The van der Waals surface area contributed by atoms with Crippen LogP contribution in [-0.2, 0) is 19.0 Å². The van der Waals surface area contributed by atoms with E-state index in [1.54, 1.807) is 0 Å². The Hall–Kier alpha value is -0.690. The molecule has 1 fully saturated rings. The Labute approximate surface area is 128 Å². The van der Waals surface area contributed by atoms with Crippen molar-refractivity contribution in [1.29, 1.82) is 0 Å². The van der Waals surface area contributed by atoms with Gasteiger partial charge in [0, 0.05) is 32.8 Å². The first-order valence-electron chi connectivity index (χ1n) is 7.93. The second kappa shape index (κ2) is 11.9. The number of hydrogen-bond acceptors (Lipinski definition) is 5. The molecule has 0 N–H and O–H groups in total. The maximum absolute atomic E-state index is 11.9. The second-order valence-electron chi connectivity index (χ2n) is 5.27. The zero-order chi connectivity index (χ0) is 15.3. The Bertz CT molecular complexity index is 268. The molecule has 1 aliphatic rings. The molecule has 0 aromatic rings. The van der Waals surface area contributed by atoms with Crippen molar-refractivity contribution >= 4 is 5.91 Å². The van der Waals surface area contributed by atoms with Gasteiger partial charge in [0.1, 0.15) is 0 Å². The molecule has 0 unspecified atom stereocenters. The topological polar surface area (TPSA) is 51.2 Å².